The summed E-state index contributed by atoms with van der Waals surface area (Å²) >= 11 is 0. The van der Waals surface area contributed by atoms with Crippen LogP contribution in [0.2, 0.25) is 0 Å². The quantitative estimate of drug-likeness (QED) is 0.432. The van der Waals surface area contributed by atoms with Gasteiger partial charge < -0.3 is 14.2 Å². The molecule has 0 fully saturated rings. The third-order valence-electron chi connectivity index (χ3n) is 4.29. The molecular weight excluding hydrogens is 356 g/mol. The number of carbonyl (C=O) groups excluding carboxylic acids is 2. The molecule has 0 N–H and O–H groups in total. The van der Waals surface area contributed by atoms with Gasteiger partial charge in [0.25, 0.3) is 0 Å². The third kappa shape index (κ3) is 6.50. The van der Waals surface area contributed by atoms with Gasteiger partial charge in [-0.2, -0.15) is 0 Å². The fraction of sp³-hybridized carbons (Fsp3) is 0.391. The maximum Gasteiger partial charge on any atom is 0.335 e. The van der Waals surface area contributed by atoms with Crippen molar-refractivity contribution >= 4 is 11.8 Å². The van der Waals surface area contributed by atoms with E-state index in [4.69, 9.17) is 14.2 Å². The highest BCUT2D eigenvalue weighted by atomic mass is 16.6. The average Bonchev–Trinajstić information content (AvgIpc) is 2.72. The number of benzene rings is 2. The molecule has 0 aliphatic heterocycles. The molecule has 0 radical (unpaired) electrons. The second-order valence-electron chi connectivity index (χ2n) is 6.31. The SMILES string of the molecule is CCOC(=O)C(Cc1ccc(OCC(=O)c2cccc(CC)c2)cc1)OCC. The molecule has 0 saturated carbocycles. The first-order valence-corrected chi connectivity index (χ1v) is 9.69. The lowest BCUT2D eigenvalue weighted by molar-refractivity contribution is -0.156. The molecule has 5 heteroatoms. The van der Waals surface area contributed by atoms with Crippen molar-refractivity contribution in [1.82, 2.24) is 0 Å². The predicted octanol–water partition coefficient (Wildman–Crippen LogP) is 4.02. The highest BCUT2D eigenvalue weighted by molar-refractivity contribution is 5.97. The largest absolute Gasteiger partial charge is 0.485 e. The number of carbonyl (C=O) groups is 2. The Morgan fingerprint density at radius 3 is 2.32 bits per heavy atom. The molecule has 0 aliphatic carbocycles. The van der Waals surface area contributed by atoms with Crippen molar-refractivity contribution in [2.24, 2.45) is 0 Å². The van der Waals surface area contributed by atoms with Gasteiger partial charge in [-0.25, -0.2) is 4.79 Å². The standard InChI is InChI=1S/C23H28O5/c1-4-17-8-7-9-19(14-17)21(24)16-28-20-12-10-18(11-13-20)15-22(26-5-2)23(25)27-6-3/h7-14,22H,4-6,15-16H2,1-3H3. The minimum absolute atomic E-state index is 0.0170. The lowest BCUT2D eigenvalue weighted by atomic mass is 10.1. The number of ketones is 1. The second kappa shape index (κ2) is 11.2. The topological polar surface area (TPSA) is 61.8 Å². The van der Waals surface area contributed by atoms with Gasteiger partial charge in [-0.05, 0) is 49.6 Å². The first kappa shape index (κ1) is 21.6. The van der Waals surface area contributed by atoms with Gasteiger partial charge in [0.15, 0.2) is 18.5 Å². The molecule has 0 aromatic heterocycles. The lowest BCUT2D eigenvalue weighted by Crippen LogP contribution is -2.28. The third-order valence-corrected chi connectivity index (χ3v) is 4.29. The predicted molar refractivity (Wildman–Crippen MR) is 108 cm³/mol. The molecule has 1 unspecified atom stereocenters. The van der Waals surface area contributed by atoms with E-state index in [2.05, 4.69) is 6.92 Å². The number of rotatable bonds is 11. The van der Waals surface area contributed by atoms with E-state index in [1.165, 1.54) is 0 Å². The number of aryl methyl sites for hydroxylation is 1. The maximum atomic E-state index is 12.3. The smallest absolute Gasteiger partial charge is 0.335 e. The molecule has 0 bridgehead atoms. The van der Waals surface area contributed by atoms with Crippen molar-refractivity contribution < 1.29 is 23.8 Å². The van der Waals surface area contributed by atoms with Crippen LogP contribution in [-0.4, -0.2) is 37.7 Å². The summed E-state index contributed by atoms with van der Waals surface area (Å²) < 4.78 is 16.2. The Kier molecular flexibility index (Phi) is 8.69. The number of esters is 1. The highest BCUT2D eigenvalue weighted by Crippen LogP contribution is 2.16. The van der Waals surface area contributed by atoms with Crippen molar-refractivity contribution in [3.05, 3.63) is 65.2 Å². The monoisotopic (exact) mass is 384 g/mol. The molecule has 0 spiro atoms. The minimum Gasteiger partial charge on any atom is -0.485 e. The van der Waals surface area contributed by atoms with Crippen LogP contribution in [0.4, 0.5) is 0 Å². The Balaban J connectivity index is 1.92. The maximum absolute atomic E-state index is 12.3. The van der Waals surface area contributed by atoms with Crippen molar-refractivity contribution in [2.75, 3.05) is 19.8 Å². The molecule has 2 rings (SSSR count). The fourth-order valence-electron chi connectivity index (χ4n) is 2.78. The lowest BCUT2D eigenvalue weighted by Gasteiger charge is -2.15. The molecule has 150 valence electrons. The van der Waals surface area contributed by atoms with Crippen LogP contribution in [0, 0.1) is 0 Å². The Morgan fingerprint density at radius 1 is 0.929 bits per heavy atom. The Labute approximate surface area is 166 Å². The minimum atomic E-state index is -0.621. The summed E-state index contributed by atoms with van der Waals surface area (Å²) in [6.45, 7) is 6.41. The van der Waals surface area contributed by atoms with E-state index in [0.29, 0.717) is 30.9 Å². The van der Waals surface area contributed by atoms with Gasteiger partial charge in [-0.1, -0.05) is 37.3 Å². The number of hydrogen-bond acceptors (Lipinski definition) is 5. The van der Waals surface area contributed by atoms with Crippen LogP contribution in [0.5, 0.6) is 5.75 Å². The van der Waals surface area contributed by atoms with E-state index >= 15 is 0 Å². The fourth-order valence-corrected chi connectivity index (χ4v) is 2.78. The zero-order valence-corrected chi connectivity index (χ0v) is 16.8. The molecule has 0 aliphatic rings. The van der Waals surface area contributed by atoms with E-state index in [-0.39, 0.29) is 18.4 Å². The van der Waals surface area contributed by atoms with Crippen LogP contribution in [0.3, 0.4) is 0 Å². The van der Waals surface area contributed by atoms with Crippen LogP contribution < -0.4 is 4.74 Å². The molecule has 5 nitrogen and oxygen atoms in total. The summed E-state index contributed by atoms with van der Waals surface area (Å²) in [5.74, 6) is 0.190. The molecule has 0 amide bonds. The first-order valence-electron chi connectivity index (χ1n) is 9.69. The second-order valence-corrected chi connectivity index (χ2v) is 6.31. The Hall–Kier alpha value is -2.66. The first-order chi connectivity index (χ1) is 13.6. The van der Waals surface area contributed by atoms with E-state index < -0.39 is 6.10 Å². The number of hydrogen-bond donors (Lipinski definition) is 0. The molecule has 28 heavy (non-hydrogen) atoms. The molecule has 2 aromatic rings. The van der Waals surface area contributed by atoms with E-state index in [1.807, 2.05) is 37.3 Å². The van der Waals surface area contributed by atoms with Crippen molar-refractivity contribution in [2.45, 2.75) is 39.7 Å². The molecule has 0 saturated heterocycles. The Morgan fingerprint density at radius 2 is 1.68 bits per heavy atom. The Bertz CT molecular complexity index is 767. The van der Waals surface area contributed by atoms with Gasteiger partial charge in [0.05, 0.1) is 6.61 Å². The van der Waals surface area contributed by atoms with Crippen LogP contribution in [-0.2, 0) is 27.1 Å². The number of Topliss-reactive ketones (excluding diaryl/α,β-unsaturated/α-hetero) is 1. The molecular formula is C23H28O5. The summed E-state index contributed by atoms with van der Waals surface area (Å²) in [6, 6.07) is 14.9. The summed E-state index contributed by atoms with van der Waals surface area (Å²) in [7, 11) is 0. The highest BCUT2D eigenvalue weighted by Gasteiger charge is 2.20. The normalized spacial score (nSPS) is 11.7. The van der Waals surface area contributed by atoms with Crippen molar-refractivity contribution in [1.29, 1.82) is 0 Å². The summed E-state index contributed by atoms with van der Waals surface area (Å²) in [4.78, 5) is 24.3. The zero-order valence-electron chi connectivity index (χ0n) is 16.8. The summed E-state index contributed by atoms with van der Waals surface area (Å²) in [5.41, 5.74) is 2.71. The average molecular weight is 384 g/mol. The molecule has 2 aromatic carbocycles. The van der Waals surface area contributed by atoms with Crippen LogP contribution in [0.1, 0.15) is 42.3 Å². The van der Waals surface area contributed by atoms with Gasteiger partial charge >= 0.3 is 5.97 Å². The molecule has 1 atom stereocenters. The van der Waals surface area contributed by atoms with Crippen molar-refractivity contribution in [3.8, 4) is 5.75 Å². The van der Waals surface area contributed by atoms with Gasteiger partial charge in [-0.3, -0.25) is 4.79 Å². The van der Waals surface area contributed by atoms with Crippen LogP contribution >= 0.6 is 0 Å². The van der Waals surface area contributed by atoms with Gasteiger partial charge in [0.1, 0.15) is 5.75 Å². The van der Waals surface area contributed by atoms with E-state index in [9.17, 15) is 9.59 Å². The van der Waals surface area contributed by atoms with Gasteiger partial charge in [0, 0.05) is 18.6 Å². The summed E-state index contributed by atoms with van der Waals surface area (Å²) in [6.07, 6.45) is 0.692. The number of ether oxygens (including phenoxy) is 3. The van der Waals surface area contributed by atoms with Gasteiger partial charge in [0.2, 0.25) is 0 Å². The van der Waals surface area contributed by atoms with Gasteiger partial charge in [-0.15, -0.1) is 0 Å². The van der Waals surface area contributed by atoms with Crippen LogP contribution in [0.25, 0.3) is 0 Å². The van der Waals surface area contributed by atoms with E-state index in [0.717, 1.165) is 17.5 Å². The molecule has 0 heterocycles. The van der Waals surface area contributed by atoms with Crippen LogP contribution in [0.15, 0.2) is 48.5 Å². The zero-order chi connectivity index (χ0) is 20.4. The van der Waals surface area contributed by atoms with E-state index in [1.54, 1.807) is 25.1 Å². The van der Waals surface area contributed by atoms with Crippen molar-refractivity contribution in [3.63, 3.8) is 0 Å². The summed E-state index contributed by atoms with van der Waals surface area (Å²) in [5, 5.41) is 0.